The van der Waals surface area contributed by atoms with Crippen LogP contribution in [-0.4, -0.2) is 47.3 Å². The molecule has 0 saturated carbocycles. The third-order valence-corrected chi connectivity index (χ3v) is 4.66. The number of hydrogen-bond donors (Lipinski definition) is 3. The highest BCUT2D eigenvalue weighted by molar-refractivity contribution is 6.05. The van der Waals surface area contributed by atoms with E-state index >= 15 is 0 Å². The lowest BCUT2D eigenvalue weighted by Gasteiger charge is -2.22. The van der Waals surface area contributed by atoms with Crippen molar-refractivity contribution < 1.29 is 9.90 Å². The van der Waals surface area contributed by atoms with E-state index in [4.69, 9.17) is 11.0 Å². The Bertz CT molecular complexity index is 1310. The van der Waals surface area contributed by atoms with E-state index in [2.05, 4.69) is 30.4 Å². The van der Waals surface area contributed by atoms with Crippen LogP contribution in [0.4, 0.5) is 5.95 Å². The van der Waals surface area contributed by atoms with Crippen molar-refractivity contribution in [2.24, 2.45) is 0 Å². The van der Waals surface area contributed by atoms with Crippen molar-refractivity contribution in [3.63, 3.8) is 0 Å². The van der Waals surface area contributed by atoms with Crippen molar-refractivity contribution in [2.75, 3.05) is 12.3 Å². The number of nitriles is 1. The number of nitrogens with zero attached hydrogens (tertiary/aromatic N) is 7. The average molecular weight is 415 g/mol. The van der Waals surface area contributed by atoms with Crippen LogP contribution in [0, 0.1) is 11.3 Å². The molecule has 1 amide bonds. The second kappa shape index (κ2) is 7.77. The van der Waals surface area contributed by atoms with Gasteiger partial charge in [-0.2, -0.15) is 15.3 Å². The van der Waals surface area contributed by atoms with E-state index < -0.39 is 11.5 Å². The Labute approximate surface area is 176 Å². The summed E-state index contributed by atoms with van der Waals surface area (Å²) in [5.74, 6) is 0.0824. The summed E-state index contributed by atoms with van der Waals surface area (Å²) in [6, 6.07) is 10.1. The standard InChI is InChI=1S/C20H17N9O2/c1-20(31,18-24-7-2-8-25-18)12-3-4-13-14(11-12)29(15-5-9-26-19(22)27-15)28-16(13)17(30)23-10-6-21/h2-5,7-9,11,31H,10H2,1H3,(H,23,30)(H2,22,26,27). The van der Waals surface area contributed by atoms with Crippen molar-refractivity contribution in [3.05, 3.63) is 66.0 Å². The Morgan fingerprint density at radius 2 is 2.03 bits per heavy atom. The third kappa shape index (κ3) is 3.63. The summed E-state index contributed by atoms with van der Waals surface area (Å²) in [5, 5.41) is 27.3. The van der Waals surface area contributed by atoms with Crippen LogP contribution in [0.15, 0.2) is 48.9 Å². The topological polar surface area (TPSA) is 169 Å². The van der Waals surface area contributed by atoms with Gasteiger partial charge in [0.15, 0.2) is 17.3 Å². The van der Waals surface area contributed by atoms with Gasteiger partial charge in [-0.05, 0) is 30.7 Å². The number of hydrogen-bond acceptors (Lipinski definition) is 9. The van der Waals surface area contributed by atoms with Crippen molar-refractivity contribution >= 4 is 22.8 Å². The van der Waals surface area contributed by atoms with Gasteiger partial charge in [0.25, 0.3) is 5.91 Å². The Kier molecular flexibility index (Phi) is 4.98. The number of rotatable bonds is 5. The normalized spacial score (nSPS) is 12.8. The van der Waals surface area contributed by atoms with Crippen LogP contribution in [0.3, 0.4) is 0 Å². The Morgan fingerprint density at radius 1 is 1.26 bits per heavy atom. The highest BCUT2D eigenvalue weighted by atomic mass is 16.3. The number of aromatic nitrogens is 6. The first-order valence-electron chi connectivity index (χ1n) is 9.19. The van der Waals surface area contributed by atoms with Gasteiger partial charge in [0.1, 0.15) is 12.1 Å². The van der Waals surface area contributed by atoms with Crippen molar-refractivity contribution in [1.82, 2.24) is 35.0 Å². The van der Waals surface area contributed by atoms with Crippen molar-refractivity contribution in [3.8, 4) is 11.9 Å². The molecular formula is C20H17N9O2. The fourth-order valence-corrected chi connectivity index (χ4v) is 3.12. The van der Waals surface area contributed by atoms with E-state index in [0.717, 1.165) is 0 Å². The van der Waals surface area contributed by atoms with Gasteiger partial charge in [-0.1, -0.05) is 6.07 Å². The number of amides is 1. The molecule has 31 heavy (non-hydrogen) atoms. The molecule has 0 aliphatic heterocycles. The lowest BCUT2D eigenvalue weighted by molar-refractivity contribution is 0.0922. The van der Waals surface area contributed by atoms with Gasteiger partial charge >= 0.3 is 0 Å². The molecule has 11 nitrogen and oxygen atoms in total. The minimum atomic E-state index is -1.50. The molecule has 0 bridgehead atoms. The van der Waals surface area contributed by atoms with Crippen LogP contribution in [0.25, 0.3) is 16.7 Å². The Morgan fingerprint density at radius 3 is 2.74 bits per heavy atom. The van der Waals surface area contributed by atoms with E-state index in [0.29, 0.717) is 22.3 Å². The highest BCUT2D eigenvalue weighted by Gasteiger charge is 2.30. The molecule has 11 heteroatoms. The van der Waals surface area contributed by atoms with Crippen LogP contribution in [-0.2, 0) is 5.60 Å². The summed E-state index contributed by atoms with van der Waals surface area (Å²) in [5.41, 5.74) is 5.29. The SMILES string of the molecule is CC(O)(c1ccc2c(C(=O)NCC#N)nn(-c3ccnc(N)n3)c2c1)c1ncccn1. The summed E-state index contributed by atoms with van der Waals surface area (Å²) >= 11 is 0. The van der Waals surface area contributed by atoms with E-state index in [1.807, 2.05) is 6.07 Å². The fourth-order valence-electron chi connectivity index (χ4n) is 3.12. The quantitative estimate of drug-likeness (QED) is 0.397. The number of nitrogens with one attached hydrogen (secondary N) is 1. The molecule has 0 saturated heterocycles. The van der Waals surface area contributed by atoms with Gasteiger partial charge in [0, 0.05) is 30.0 Å². The number of aliphatic hydroxyl groups is 1. The molecule has 0 aliphatic carbocycles. The Balaban J connectivity index is 1.92. The maximum Gasteiger partial charge on any atom is 0.273 e. The monoisotopic (exact) mass is 415 g/mol. The zero-order valence-corrected chi connectivity index (χ0v) is 16.4. The van der Waals surface area contributed by atoms with Gasteiger partial charge in [-0.3, -0.25) is 4.79 Å². The van der Waals surface area contributed by atoms with Crippen LogP contribution in [0.2, 0.25) is 0 Å². The first-order chi connectivity index (χ1) is 14.9. The van der Waals surface area contributed by atoms with Gasteiger partial charge in [-0.15, -0.1) is 0 Å². The first kappa shape index (κ1) is 19.9. The summed E-state index contributed by atoms with van der Waals surface area (Å²) in [6.07, 6.45) is 4.56. The predicted octanol–water partition coefficient (Wildman–Crippen LogP) is 0.697. The molecule has 3 heterocycles. The van der Waals surface area contributed by atoms with E-state index in [1.165, 1.54) is 10.9 Å². The first-order valence-corrected chi connectivity index (χ1v) is 9.19. The van der Waals surface area contributed by atoms with Crippen LogP contribution >= 0.6 is 0 Å². The van der Waals surface area contributed by atoms with Gasteiger partial charge in [-0.25, -0.2) is 19.6 Å². The molecule has 1 atom stereocenters. The zero-order valence-electron chi connectivity index (χ0n) is 16.4. The number of nitrogen functional groups attached to an aromatic ring is 1. The average Bonchev–Trinajstić information content (AvgIpc) is 3.17. The fraction of sp³-hybridized carbons (Fsp3) is 0.150. The highest BCUT2D eigenvalue weighted by Crippen LogP contribution is 2.31. The molecule has 0 aliphatic rings. The maximum absolute atomic E-state index is 12.6. The number of nitrogens with two attached hydrogens (primary N) is 1. The molecule has 154 valence electrons. The van der Waals surface area contributed by atoms with Gasteiger partial charge < -0.3 is 16.2 Å². The molecule has 3 aromatic heterocycles. The minimum Gasteiger partial charge on any atom is -0.377 e. The van der Waals surface area contributed by atoms with E-state index in [9.17, 15) is 9.90 Å². The second-order valence-corrected chi connectivity index (χ2v) is 6.75. The summed E-state index contributed by atoms with van der Waals surface area (Å²) in [6.45, 7) is 1.42. The van der Waals surface area contributed by atoms with Crippen LogP contribution in [0.5, 0.6) is 0 Å². The summed E-state index contributed by atoms with van der Waals surface area (Å²) < 4.78 is 1.43. The number of anilines is 1. The zero-order chi connectivity index (χ0) is 22.0. The van der Waals surface area contributed by atoms with Crippen LogP contribution < -0.4 is 11.1 Å². The third-order valence-electron chi connectivity index (χ3n) is 4.66. The molecule has 1 aromatic carbocycles. The molecule has 1 unspecified atom stereocenters. The largest absolute Gasteiger partial charge is 0.377 e. The second-order valence-electron chi connectivity index (χ2n) is 6.75. The number of benzene rings is 1. The lowest BCUT2D eigenvalue weighted by Crippen LogP contribution is -2.25. The smallest absolute Gasteiger partial charge is 0.273 e. The molecule has 4 rings (SSSR count). The van der Waals surface area contributed by atoms with Gasteiger partial charge in [0.05, 0.1) is 11.6 Å². The molecule has 0 fully saturated rings. The molecule has 0 spiro atoms. The molecule has 4 N–H and O–H groups in total. The van der Waals surface area contributed by atoms with Crippen LogP contribution in [0.1, 0.15) is 28.8 Å². The lowest BCUT2D eigenvalue weighted by atomic mass is 9.94. The number of fused-ring (bicyclic) bond motifs is 1. The predicted molar refractivity (Wildman–Crippen MR) is 110 cm³/mol. The Hall–Kier alpha value is -4.43. The van der Waals surface area contributed by atoms with E-state index in [-0.39, 0.29) is 24.0 Å². The van der Waals surface area contributed by atoms with Crippen molar-refractivity contribution in [1.29, 1.82) is 5.26 Å². The molecule has 4 aromatic rings. The number of carbonyl (C=O) groups is 1. The van der Waals surface area contributed by atoms with Gasteiger partial charge in [0.2, 0.25) is 5.95 Å². The summed E-state index contributed by atoms with van der Waals surface area (Å²) in [7, 11) is 0. The summed E-state index contributed by atoms with van der Waals surface area (Å²) in [4.78, 5) is 28.9. The van der Waals surface area contributed by atoms with Crippen molar-refractivity contribution in [2.45, 2.75) is 12.5 Å². The molecule has 0 radical (unpaired) electrons. The maximum atomic E-state index is 12.6. The van der Waals surface area contributed by atoms with E-state index in [1.54, 1.807) is 49.6 Å². The molecular weight excluding hydrogens is 398 g/mol. The number of carbonyl (C=O) groups excluding carboxylic acids is 1. The minimum absolute atomic E-state index is 0.0393.